The first-order chi connectivity index (χ1) is 10.2. The molecular weight excluding hydrogens is 336 g/mol. The van der Waals surface area contributed by atoms with E-state index in [4.69, 9.17) is 9.26 Å². The maximum atomic E-state index is 5.63. The molecule has 1 aliphatic rings. The van der Waals surface area contributed by atoms with Crippen molar-refractivity contribution in [2.75, 3.05) is 26.7 Å². The molecule has 1 saturated heterocycles. The van der Waals surface area contributed by atoms with Crippen LogP contribution in [0.2, 0.25) is 0 Å². The standard InChI is InChI=1S/C14H17BrN4O2/c1-19-7-6-16-8-12(19)14-17-13(21-18-14)9-20-11-4-2-10(15)3-5-11/h2-5,12,16H,6-9H2,1H3. The van der Waals surface area contributed by atoms with E-state index in [1.54, 1.807) is 0 Å². The quantitative estimate of drug-likeness (QED) is 0.907. The summed E-state index contributed by atoms with van der Waals surface area (Å²) in [5.41, 5.74) is 0. The number of nitrogens with zero attached hydrogens (tertiary/aromatic N) is 3. The maximum Gasteiger partial charge on any atom is 0.264 e. The lowest BCUT2D eigenvalue weighted by Crippen LogP contribution is -2.44. The third-order valence-electron chi connectivity index (χ3n) is 3.47. The molecule has 21 heavy (non-hydrogen) atoms. The van der Waals surface area contributed by atoms with Crippen molar-refractivity contribution in [2.45, 2.75) is 12.6 Å². The summed E-state index contributed by atoms with van der Waals surface area (Å²) < 4.78 is 11.9. The van der Waals surface area contributed by atoms with Crippen LogP contribution in [0.15, 0.2) is 33.3 Å². The van der Waals surface area contributed by atoms with Gasteiger partial charge in [0.15, 0.2) is 12.4 Å². The van der Waals surface area contributed by atoms with E-state index in [1.165, 1.54) is 0 Å². The van der Waals surface area contributed by atoms with E-state index in [0.717, 1.165) is 29.9 Å². The molecule has 1 unspecified atom stereocenters. The van der Waals surface area contributed by atoms with Gasteiger partial charge in [0.25, 0.3) is 5.89 Å². The van der Waals surface area contributed by atoms with Crippen LogP contribution in [0.4, 0.5) is 0 Å². The molecule has 1 aliphatic heterocycles. The number of hydrogen-bond acceptors (Lipinski definition) is 6. The molecular formula is C14H17BrN4O2. The minimum Gasteiger partial charge on any atom is -0.484 e. The Morgan fingerprint density at radius 1 is 1.43 bits per heavy atom. The van der Waals surface area contributed by atoms with Gasteiger partial charge in [-0.2, -0.15) is 4.98 Å². The molecule has 1 aromatic heterocycles. The zero-order valence-corrected chi connectivity index (χ0v) is 13.3. The molecule has 3 rings (SSSR count). The number of likely N-dealkylation sites (N-methyl/N-ethyl adjacent to an activating group) is 1. The van der Waals surface area contributed by atoms with Crippen LogP contribution in [0, 0.1) is 0 Å². The third kappa shape index (κ3) is 3.61. The van der Waals surface area contributed by atoms with Crippen LogP contribution in [0.25, 0.3) is 0 Å². The summed E-state index contributed by atoms with van der Waals surface area (Å²) in [7, 11) is 2.07. The highest BCUT2D eigenvalue weighted by molar-refractivity contribution is 9.10. The summed E-state index contributed by atoms with van der Waals surface area (Å²) in [5, 5.41) is 7.40. The van der Waals surface area contributed by atoms with Gasteiger partial charge in [-0.25, -0.2) is 0 Å². The maximum absolute atomic E-state index is 5.63. The van der Waals surface area contributed by atoms with Gasteiger partial charge >= 0.3 is 0 Å². The average molecular weight is 353 g/mol. The topological polar surface area (TPSA) is 63.4 Å². The van der Waals surface area contributed by atoms with Gasteiger partial charge in [-0.3, -0.25) is 4.90 Å². The van der Waals surface area contributed by atoms with E-state index < -0.39 is 0 Å². The van der Waals surface area contributed by atoms with Gasteiger partial charge in [-0.05, 0) is 31.3 Å². The third-order valence-corrected chi connectivity index (χ3v) is 4.00. The molecule has 0 saturated carbocycles. The molecule has 2 heterocycles. The molecule has 112 valence electrons. The summed E-state index contributed by atoms with van der Waals surface area (Å²) in [4.78, 5) is 6.65. The molecule has 6 nitrogen and oxygen atoms in total. The SMILES string of the molecule is CN1CCNCC1c1noc(COc2ccc(Br)cc2)n1. The fourth-order valence-electron chi connectivity index (χ4n) is 2.23. The Morgan fingerprint density at radius 3 is 3.00 bits per heavy atom. The zero-order valence-electron chi connectivity index (χ0n) is 11.8. The first-order valence-electron chi connectivity index (χ1n) is 6.84. The van der Waals surface area contributed by atoms with Crippen molar-refractivity contribution < 1.29 is 9.26 Å². The molecule has 7 heteroatoms. The Bertz CT molecular complexity index is 587. The lowest BCUT2D eigenvalue weighted by molar-refractivity contribution is 0.189. The first kappa shape index (κ1) is 14.5. The van der Waals surface area contributed by atoms with Gasteiger partial charge < -0.3 is 14.6 Å². The van der Waals surface area contributed by atoms with Crippen LogP contribution in [0.3, 0.4) is 0 Å². The molecule has 0 amide bonds. The second-order valence-corrected chi connectivity index (χ2v) is 5.91. The second-order valence-electron chi connectivity index (χ2n) is 4.99. The Balaban J connectivity index is 1.61. The van der Waals surface area contributed by atoms with E-state index >= 15 is 0 Å². The molecule has 1 aromatic carbocycles. The van der Waals surface area contributed by atoms with Crippen molar-refractivity contribution >= 4 is 15.9 Å². The largest absolute Gasteiger partial charge is 0.484 e. The van der Waals surface area contributed by atoms with Crippen LogP contribution in [-0.2, 0) is 6.61 Å². The van der Waals surface area contributed by atoms with Gasteiger partial charge in [0.1, 0.15) is 5.75 Å². The molecule has 2 aromatic rings. The molecule has 0 radical (unpaired) electrons. The first-order valence-corrected chi connectivity index (χ1v) is 7.63. The minimum absolute atomic E-state index is 0.156. The van der Waals surface area contributed by atoms with Crippen LogP contribution in [0.1, 0.15) is 17.8 Å². The van der Waals surface area contributed by atoms with E-state index in [0.29, 0.717) is 11.7 Å². The zero-order chi connectivity index (χ0) is 14.7. The molecule has 1 N–H and O–H groups in total. The van der Waals surface area contributed by atoms with Gasteiger partial charge in [0.05, 0.1) is 6.04 Å². The summed E-state index contributed by atoms with van der Waals surface area (Å²) in [6, 6.07) is 7.79. The van der Waals surface area contributed by atoms with Gasteiger partial charge in [-0.15, -0.1) is 0 Å². The van der Waals surface area contributed by atoms with Crippen molar-refractivity contribution in [3.8, 4) is 5.75 Å². The summed E-state index contributed by atoms with van der Waals surface area (Å²) in [6.45, 7) is 3.08. The lowest BCUT2D eigenvalue weighted by Gasteiger charge is -2.30. The highest BCUT2D eigenvalue weighted by atomic mass is 79.9. The number of halogens is 1. The summed E-state index contributed by atoms with van der Waals surface area (Å²) >= 11 is 3.39. The Kier molecular flexibility index (Phi) is 4.52. The minimum atomic E-state index is 0.156. The number of rotatable bonds is 4. The molecule has 0 aliphatic carbocycles. The van der Waals surface area contributed by atoms with Gasteiger partial charge in [-0.1, -0.05) is 21.1 Å². The van der Waals surface area contributed by atoms with Crippen molar-refractivity contribution in [3.63, 3.8) is 0 Å². The Morgan fingerprint density at radius 2 is 2.24 bits per heavy atom. The molecule has 1 atom stereocenters. The van der Waals surface area contributed by atoms with E-state index in [1.807, 2.05) is 24.3 Å². The predicted molar refractivity (Wildman–Crippen MR) is 81.0 cm³/mol. The number of aromatic nitrogens is 2. The normalized spacial score (nSPS) is 19.6. The van der Waals surface area contributed by atoms with E-state index in [-0.39, 0.29) is 12.6 Å². The van der Waals surface area contributed by atoms with Crippen LogP contribution in [0.5, 0.6) is 5.75 Å². The number of hydrogen-bond donors (Lipinski definition) is 1. The van der Waals surface area contributed by atoms with Gasteiger partial charge in [0.2, 0.25) is 0 Å². The van der Waals surface area contributed by atoms with Gasteiger partial charge in [0, 0.05) is 24.1 Å². The summed E-state index contributed by atoms with van der Waals surface area (Å²) in [6.07, 6.45) is 0. The fraction of sp³-hybridized carbons (Fsp3) is 0.429. The molecule has 0 bridgehead atoms. The average Bonchev–Trinajstić information content (AvgIpc) is 2.96. The van der Waals surface area contributed by atoms with Crippen LogP contribution >= 0.6 is 15.9 Å². The number of nitrogens with one attached hydrogen (secondary N) is 1. The van der Waals surface area contributed by atoms with Crippen molar-refractivity contribution in [2.24, 2.45) is 0 Å². The monoisotopic (exact) mass is 352 g/mol. The fourth-order valence-corrected chi connectivity index (χ4v) is 2.50. The van der Waals surface area contributed by atoms with Crippen molar-refractivity contribution in [1.29, 1.82) is 0 Å². The van der Waals surface area contributed by atoms with Crippen LogP contribution < -0.4 is 10.1 Å². The highest BCUT2D eigenvalue weighted by Gasteiger charge is 2.25. The van der Waals surface area contributed by atoms with E-state index in [9.17, 15) is 0 Å². The predicted octanol–water partition coefficient (Wildman–Crippen LogP) is 1.99. The number of piperazine rings is 1. The van der Waals surface area contributed by atoms with Crippen molar-refractivity contribution in [1.82, 2.24) is 20.4 Å². The van der Waals surface area contributed by atoms with Crippen molar-refractivity contribution in [3.05, 3.63) is 40.5 Å². The highest BCUT2D eigenvalue weighted by Crippen LogP contribution is 2.19. The molecule has 0 spiro atoms. The Hall–Kier alpha value is -1.44. The smallest absolute Gasteiger partial charge is 0.264 e. The lowest BCUT2D eigenvalue weighted by atomic mass is 10.2. The number of benzene rings is 1. The van der Waals surface area contributed by atoms with E-state index in [2.05, 4.69) is 43.3 Å². The molecule has 1 fully saturated rings. The van der Waals surface area contributed by atoms with Crippen LogP contribution in [-0.4, -0.2) is 41.7 Å². The number of ether oxygens (including phenoxy) is 1. The second kappa shape index (κ2) is 6.55. The Labute approximate surface area is 131 Å². The summed E-state index contributed by atoms with van der Waals surface area (Å²) in [5.74, 6) is 1.97.